The van der Waals surface area contributed by atoms with Gasteiger partial charge in [-0.1, -0.05) is 47.5 Å². The van der Waals surface area contributed by atoms with E-state index in [1.165, 1.54) is 29.3 Å². The number of esters is 1. The Labute approximate surface area is 217 Å². The lowest BCUT2D eigenvalue weighted by Crippen LogP contribution is -2.41. The van der Waals surface area contributed by atoms with Gasteiger partial charge in [0.05, 0.1) is 13.2 Å². The Morgan fingerprint density at radius 3 is 2.17 bits per heavy atom. The third-order valence-electron chi connectivity index (χ3n) is 4.78. The summed E-state index contributed by atoms with van der Waals surface area (Å²) >= 11 is 11.4. The van der Waals surface area contributed by atoms with E-state index in [2.05, 4.69) is 0 Å². The van der Waals surface area contributed by atoms with E-state index in [0.717, 1.165) is 11.6 Å². The molecule has 0 amide bonds. The van der Waals surface area contributed by atoms with Gasteiger partial charge in [-0.05, 0) is 54.4 Å². The van der Waals surface area contributed by atoms with Crippen LogP contribution < -0.4 is 11.3 Å². The molecule has 0 aliphatic carbocycles. The van der Waals surface area contributed by atoms with E-state index in [4.69, 9.17) is 43.8 Å². The van der Waals surface area contributed by atoms with Crippen molar-refractivity contribution in [3.05, 3.63) is 87.9 Å². The maximum Gasteiger partial charge on any atom is 0.491 e. The van der Waals surface area contributed by atoms with Crippen LogP contribution in [0.3, 0.4) is 0 Å². The van der Waals surface area contributed by atoms with Crippen molar-refractivity contribution < 1.29 is 33.5 Å². The number of hydrogen-bond acceptors (Lipinski definition) is 7. The third-order valence-corrected chi connectivity index (χ3v) is 5.25. The summed E-state index contributed by atoms with van der Waals surface area (Å²) in [5.74, 6) is 4.09. The number of carbonyl (C=O) groups excluding carboxylic acids is 1. The van der Waals surface area contributed by atoms with Crippen molar-refractivity contribution in [3.8, 4) is 11.1 Å². The van der Waals surface area contributed by atoms with Gasteiger partial charge in [0.25, 0.3) is 0 Å². The molecule has 36 heavy (non-hydrogen) atoms. The van der Waals surface area contributed by atoms with Crippen LogP contribution in [0.2, 0.25) is 10.0 Å². The number of ether oxygens (including phenoxy) is 1. The predicted molar refractivity (Wildman–Crippen MR) is 135 cm³/mol. The number of halogens is 4. The van der Waals surface area contributed by atoms with Gasteiger partial charge in [0.1, 0.15) is 11.6 Å². The molecule has 0 saturated heterocycles. The van der Waals surface area contributed by atoms with Crippen LogP contribution in [-0.2, 0) is 16.1 Å². The first-order valence-corrected chi connectivity index (χ1v) is 11.5. The number of rotatable bonds is 8. The first kappa shape index (κ1) is 29.7. The van der Waals surface area contributed by atoms with Gasteiger partial charge in [0.15, 0.2) is 6.10 Å². The quantitative estimate of drug-likeness (QED) is 0.150. The standard InChI is InChI=1S/C18H20ClFN2O3.C6H5BClFO2/c1-2-25-18(24)17(23)11-22(21)10-12-3-5-13(6-4-12)15-9-14(19)7-8-16(15)20;8-4-1-2-6(9)5(3-4)7(10)11/h3-9,17,23H,2,10-11,21H2,1H3;1-3,10-11H/t17-;/m1./s1. The molecule has 0 fully saturated rings. The molecule has 0 aromatic heterocycles. The monoisotopic (exact) mass is 540 g/mol. The Kier molecular flexibility index (Phi) is 11.7. The van der Waals surface area contributed by atoms with Gasteiger partial charge in [-0.2, -0.15) is 0 Å². The van der Waals surface area contributed by atoms with Crippen LogP contribution in [0.4, 0.5) is 8.78 Å². The zero-order valence-electron chi connectivity index (χ0n) is 19.2. The van der Waals surface area contributed by atoms with Gasteiger partial charge in [0, 0.05) is 27.6 Å². The van der Waals surface area contributed by atoms with Crippen LogP contribution in [0.5, 0.6) is 0 Å². The molecule has 0 aliphatic rings. The summed E-state index contributed by atoms with van der Waals surface area (Å²) in [5, 5.41) is 28.9. The molecule has 0 unspecified atom stereocenters. The van der Waals surface area contributed by atoms with Crippen molar-refractivity contribution in [2.24, 2.45) is 5.84 Å². The minimum absolute atomic E-state index is 0.0521. The second-order valence-corrected chi connectivity index (χ2v) is 8.43. The Morgan fingerprint density at radius 1 is 1.03 bits per heavy atom. The summed E-state index contributed by atoms with van der Waals surface area (Å²) in [6.45, 7) is 2.12. The first-order chi connectivity index (χ1) is 17.0. The van der Waals surface area contributed by atoms with E-state index in [9.17, 15) is 18.7 Å². The lowest BCUT2D eigenvalue weighted by molar-refractivity contribution is -0.154. The maximum atomic E-state index is 13.9. The number of aliphatic hydroxyl groups is 1. The van der Waals surface area contributed by atoms with Crippen molar-refractivity contribution in [1.29, 1.82) is 0 Å². The fourth-order valence-corrected chi connectivity index (χ4v) is 3.41. The van der Waals surface area contributed by atoms with Gasteiger partial charge in [-0.25, -0.2) is 18.6 Å². The number of carbonyl (C=O) groups is 1. The fourth-order valence-electron chi connectivity index (χ4n) is 3.06. The van der Waals surface area contributed by atoms with Crippen LogP contribution in [-0.4, -0.2) is 52.5 Å². The average molecular weight is 541 g/mol. The van der Waals surface area contributed by atoms with Gasteiger partial charge in [-0.15, -0.1) is 0 Å². The molecule has 0 bridgehead atoms. The number of nitrogens with two attached hydrogens (primary N) is 1. The highest BCUT2D eigenvalue weighted by atomic mass is 35.5. The molecule has 1 atom stereocenters. The normalized spacial score (nSPS) is 11.5. The molecule has 192 valence electrons. The van der Waals surface area contributed by atoms with Gasteiger partial charge in [-0.3, -0.25) is 5.84 Å². The summed E-state index contributed by atoms with van der Waals surface area (Å²) in [6, 6.07) is 15.1. The van der Waals surface area contributed by atoms with E-state index in [0.29, 0.717) is 22.7 Å². The van der Waals surface area contributed by atoms with Crippen molar-refractivity contribution in [2.45, 2.75) is 19.6 Å². The summed E-state index contributed by atoms with van der Waals surface area (Å²) in [6.07, 6.45) is -1.30. The molecular weight excluding hydrogens is 516 g/mol. The Bertz CT molecular complexity index is 1160. The topological polar surface area (TPSA) is 116 Å². The molecule has 0 radical (unpaired) electrons. The molecular formula is C24H25BCl2F2N2O5. The number of nitrogens with zero attached hydrogens (tertiary/aromatic N) is 1. The van der Waals surface area contributed by atoms with E-state index >= 15 is 0 Å². The van der Waals surface area contributed by atoms with E-state index in [1.807, 2.05) is 0 Å². The molecule has 0 aliphatic heterocycles. The van der Waals surface area contributed by atoms with Crippen molar-refractivity contribution in [3.63, 3.8) is 0 Å². The highest BCUT2D eigenvalue weighted by molar-refractivity contribution is 6.59. The van der Waals surface area contributed by atoms with Crippen LogP contribution >= 0.6 is 23.2 Å². The molecule has 3 aromatic rings. The number of hydrazine groups is 1. The highest BCUT2D eigenvalue weighted by Gasteiger charge is 2.19. The summed E-state index contributed by atoms with van der Waals surface area (Å²) < 4.78 is 31.3. The largest absolute Gasteiger partial charge is 0.491 e. The third kappa shape index (κ3) is 9.14. The van der Waals surface area contributed by atoms with Gasteiger partial charge in [0.2, 0.25) is 0 Å². The molecule has 7 nitrogen and oxygen atoms in total. The Morgan fingerprint density at radius 2 is 1.61 bits per heavy atom. The van der Waals surface area contributed by atoms with Crippen molar-refractivity contribution in [2.75, 3.05) is 13.2 Å². The number of aliphatic hydroxyl groups excluding tert-OH is 1. The SMILES string of the molecule is CCOC(=O)[C@H](O)CN(N)Cc1ccc(-c2cc(Cl)ccc2F)cc1.OB(O)c1cc(Cl)ccc1F. The Balaban J connectivity index is 0.000000346. The summed E-state index contributed by atoms with van der Waals surface area (Å²) in [5.41, 5.74) is 1.75. The van der Waals surface area contributed by atoms with Crippen molar-refractivity contribution in [1.82, 2.24) is 5.01 Å². The second-order valence-electron chi connectivity index (χ2n) is 7.56. The van der Waals surface area contributed by atoms with Gasteiger partial charge >= 0.3 is 13.1 Å². The molecule has 0 saturated carbocycles. The lowest BCUT2D eigenvalue weighted by atomic mass is 9.80. The van der Waals surface area contributed by atoms with Crippen molar-refractivity contribution >= 4 is 41.8 Å². The first-order valence-electron chi connectivity index (χ1n) is 10.7. The fraction of sp³-hybridized carbons (Fsp3) is 0.208. The van der Waals surface area contributed by atoms with Crippen LogP contribution in [0.15, 0.2) is 60.7 Å². The Hall–Kier alpha value is -2.57. The molecule has 0 spiro atoms. The smallest absolute Gasteiger partial charge is 0.464 e. The average Bonchev–Trinajstić information content (AvgIpc) is 2.83. The molecule has 5 N–H and O–H groups in total. The van der Waals surface area contributed by atoms with Crippen LogP contribution in [0.25, 0.3) is 11.1 Å². The van der Waals surface area contributed by atoms with E-state index in [-0.39, 0.29) is 29.5 Å². The van der Waals surface area contributed by atoms with Gasteiger partial charge < -0.3 is 19.9 Å². The maximum absolute atomic E-state index is 13.9. The van der Waals surface area contributed by atoms with E-state index in [1.54, 1.807) is 37.3 Å². The zero-order valence-corrected chi connectivity index (χ0v) is 20.8. The molecule has 12 heteroatoms. The lowest BCUT2D eigenvalue weighted by Gasteiger charge is -2.19. The molecule has 3 rings (SSSR count). The van der Waals surface area contributed by atoms with Crippen LogP contribution in [0, 0.1) is 11.6 Å². The highest BCUT2D eigenvalue weighted by Crippen LogP contribution is 2.26. The zero-order chi connectivity index (χ0) is 26.8. The number of hydrogen-bond donors (Lipinski definition) is 4. The summed E-state index contributed by atoms with van der Waals surface area (Å²) in [7, 11) is -1.81. The predicted octanol–water partition coefficient (Wildman–Crippen LogP) is 2.90. The van der Waals surface area contributed by atoms with Crippen LogP contribution in [0.1, 0.15) is 12.5 Å². The molecule has 3 aromatic carbocycles. The molecule has 0 heterocycles. The minimum Gasteiger partial charge on any atom is -0.464 e. The number of benzene rings is 3. The van der Waals surface area contributed by atoms with E-state index < -0.39 is 25.0 Å². The second kappa shape index (κ2) is 14.2. The summed E-state index contributed by atoms with van der Waals surface area (Å²) in [4.78, 5) is 11.4. The minimum atomic E-state index is -1.81.